The van der Waals surface area contributed by atoms with Gasteiger partial charge in [0.2, 0.25) is 0 Å². The number of ether oxygens (including phenoxy) is 3. The van der Waals surface area contributed by atoms with Crippen molar-refractivity contribution in [2.75, 3.05) is 13.7 Å². The molecule has 0 radical (unpaired) electrons. The molecule has 0 aromatic heterocycles. The highest BCUT2D eigenvalue weighted by atomic mass is 16.7. The van der Waals surface area contributed by atoms with E-state index >= 15 is 0 Å². The molecule has 4 atom stereocenters. The van der Waals surface area contributed by atoms with Crippen molar-refractivity contribution in [1.29, 1.82) is 0 Å². The highest BCUT2D eigenvalue weighted by Crippen LogP contribution is 2.24. The number of hydrogen-bond donors (Lipinski definition) is 2. The van der Waals surface area contributed by atoms with Crippen molar-refractivity contribution in [3.05, 3.63) is 35.9 Å². The van der Waals surface area contributed by atoms with Gasteiger partial charge < -0.3 is 24.4 Å². The van der Waals surface area contributed by atoms with Crippen LogP contribution in [0.2, 0.25) is 0 Å². The molecule has 6 heteroatoms. The first-order valence-corrected chi connectivity index (χ1v) is 6.39. The smallest absolute Gasteiger partial charge is 0.338 e. The Morgan fingerprint density at radius 1 is 1.40 bits per heavy atom. The summed E-state index contributed by atoms with van der Waals surface area (Å²) < 4.78 is 15.8. The van der Waals surface area contributed by atoms with Crippen LogP contribution in [0.3, 0.4) is 0 Å². The van der Waals surface area contributed by atoms with Crippen LogP contribution in [0.15, 0.2) is 30.3 Å². The molecule has 1 fully saturated rings. The second-order valence-electron chi connectivity index (χ2n) is 4.57. The summed E-state index contributed by atoms with van der Waals surface area (Å²) in [6, 6.07) is 8.55. The first-order valence-electron chi connectivity index (χ1n) is 6.39. The summed E-state index contributed by atoms with van der Waals surface area (Å²) in [4.78, 5) is 12.0. The number of hydrogen-bond acceptors (Lipinski definition) is 6. The van der Waals surface area contributed by atoms with Gasteiger partial charge in [-0.15, -0.1) is 0 Å². The largest absolute Gasteiger partial charge is 0.453 e. The molecule has 2 N–H and O–H groups in total. The van der Waals surface area contributed by atoms with E-state index in [0.717, 1.165) is 0 Å². The number of carbonyl (C=O) groups excluding carboxylic acids is 1. The van der Waals surface area contributed by atoms with Crippen LogP contribution in [-0.2, 0) is 14.2 Å². The van der Waals surface area contributed by atoms with Crippen molar-refractivity contribution in [1.82, 2.24) is 0 Å². The second kappa shape index (κ2) is 6.81. The molecule has 1 aromatic rings. The van der Waals surface area contributed by atoms with Gasteiger partial charge in [0.15, 0.2) is 12.4 Å². The highest BCUT2D eigenvalue weighted by Gasteiger charge is 2.39. The van der Waals surface area contributed by atoms with Crippen LogP contribution in [0.1, 0.15) is 16.8 Å². The van der Waals surface area contributed by atoms with Crippen LogP contribution in [-0.4, -0.2) is 54.5 Å². The zero-order chi connectivity index (χ0) is 14.5. The number of esters is 1. The molecule has 0 bridgehead atoms. The summed E-state index contributed by atoms with van der Waals surface area (Å²) in [5.41, 5.74) is 0.418. The molecule has 0 amide bonds. The standard InChI is InChI=1S/C14H18O6/c1-18-14-11(7-10(16)12(8-15)20-14)19-13(17)9-5-3-2-4-6-9/h2-6,10-12,14-16H,7-8H2,1H3/t10-,11-,12+,14-/m0/s1. The molecular weight excluding hydrogens is 264 g/mol. The molecule has 1 aliphatic rings. The number of aliphatic hydroxyl groups is 2. The molecule has 0 spiro atoms. The van der Waals surface area contributed by atoms with E-state index in [4.69, 9.17) is 19.3 Å². The number of carbonyl (C=O) groups is 1. The van der Waals surface area contributed by atoms with Crippen molar-refractivity contribution in [3.63, 3.8) is 0 Å². The Morgan fingerprint density at radius 2 is 2.10 bits per heavy atom. The van der Waals surface area contributed by atoms with Gasteiger partial charge in [0.25, 0.3) is 0 Å². The van der Waals surface area contributed by atoms with Gasteiger partial charge >= 0.3 is 5.97 Å². The predicted molar refractivity (Wildman–Crippen MR) is 69.0 cm³/mol. The summed E-state index contributed by atoms with van der Waals surface area (Å²) in [7, 11) is 1.42. The molecule has 2 rings (SSSR count). The summed E-state index contributed by atoms with van der Waals surface area (Å²) in [6.45, 7) is -0.319. The molecule has 0 saturated carbocycles. The van der Waals surface area contributed by atoms with Gasteiger partial charge in [-0.05, 0) is 12.1 Å². The minimum atomic E-state index is -0.903. The maximum absolute atomic E-state index is 12.0. The van der Waals surface area contributed by atoms with E-state index in [1.807, 2.05) is 0 Å². The fourth-order valence-corrected chi connectivity index (χ4v) is 2.11. The third-order valence-corrected chi connectivity index (χ3v) is 3.20. The van der Waals surface area contributed by atoms with E-state index in [2.05, 4.69) is 0 Å². The highest BCUT2D eigenvalue weighted by molar-refractivity contribution is 5.89. The third-order valence-electron chi connectivity index (χ3n) is 3.20. The Bertz CT molecular complexity index is 435. The quantitative estimate of drug-likeness (QED) is 0.774. The molecule has 20 heavy (non-hydrogen) atoms. The molecule has 1 aromatic carbocycles. The molecule has 6 nitrogen and oxygen atoms in total. The van der Waals surface area contributed by atoms with Crippen LogP contribution in [0.25, 0.3) is 0 Å². The first-order chi connectivity index (χ1) is 9.65. The SMILES string of the molecule is CO[C@H]1O[C@H](CO)[C@@H](O)C[C@@H]1OC(=O)c1ccccc1. The lowest BCUT2D eigenvalue weighted by Crippen LogP contribution is -2.50. The number of methoxy groups -OCH3 is 1. The lowest BCUT2D eigenvalue weighted by atomic mass is 10.0. The fourth-order valence-electron chi connectivity index (χ4n) is 2.11. The third kappa shape index (κ3) is 3.34. The average molecular weight is 282 g/mol. The Kier molecular flexibility index (Phi) is 5.08. The molecule has 0 aliphatic carbocycles. The van der Waals surface area contributed by atoms with Gasteiger partial charge in [0.05, 0.1) is 18.3 Å². The number of benzene rings is 1. The predicted octanol–water partition coefficient (Wildman–Crippen LogP) is 0.327. The Balaban J connectivity index is 2.02. The average Bonchev–Trinajstić information content (AvgIpc) is 2.48. The lowest BCUT2D eigenvalue weighted by Gasteiger charge is -2.37. The van der Waals surface area contributed by atoms with Crippen LogP contribution in [0.5, 0.6) is 0 Å². The molecule has 0 unspecified atom stereocenters. The van der Waals surface area contributed by atoms with Gasteiger partial charge in [0, 0.05) is 13.5 Å². The molecule has 1 aliphatic heterocycles. The van der Waals surface area contributed by atoms with Gasteiger partial charge in [0.1, 0.15) is 6.10 Å². The van der Waals surface area contributed by atoms with E-state index < -0.39 is 30.6 Å². The van der Waals surface area contributed by atoms with Crippen molar-refractivity contribution < 1.29 is 29.2 Å². The number of rotatable bonds is 4. The van der Waals surface area contributed by atoms with E-state index in [1.165, 1.54) is 7.11 Å². The van der Waals surface area contributed by atoms with Crippen LogP contribution in [0, 0.1) is 0 Å². The van der Waals surface area contributed by atoms with Crippen LogP contribution in [0.4, 0.5) is 0 Å². The summed E-state index contributed by atoms with van der Waals surface area (Å²) in [5, 5.41) is 18.9. The Labute approximate surface area is 116 Å². The minimum Gasteiger partial charge on any atom is -0.453 e. The summed E-state index contributed by atoms with van der Waals surface area (Å²) in [5.74, 6) is -0.504. The Morgan fingerprint density at radius 3 is 2.70 bits per heavy atom. The zero-order valence-corrected chi connectivity index (χ0v) is 11.1. The molecule has 110 valence electrons. The van der Waals surface area contributed by atoms with Gasteiger partial charge in [-0.25, -0.2) is 4.79 Å². The van der Waals surface area contributed by atoms with Crippen LogP contribution < -0.4 is 0 Å². The van der Waals surface area contributed by atoms with Crippen molar-refractivity contribution in [2.45, 2.75) is 31.0 Å². The second-order valence-corrected chi connectivity index (χ2v) is 4.57. The normalized spacial score (nSPS) is 29.9. The minimum absolute atomic E-state index is 0.155. The van der Waals surface area contributed by atoms with E-state index in [-0.39, 0.29) is 13.0 Å². The molecule has 1 heterocycles. The van der Waals surface area contributed by atoms with Gasteiger partial charge in [-0.2, -0.15) is 0 Å². The number of aliphatic hydroxyl groups excluding tert-OH is 2. The maximum atomic E-state index is 12.0. The van der Waals surface area contributed by atoms with Crippen molar-refractivity contribution in [2.24, 2.45) is 0 Å². The van der Waals surface area contributed by atoms with Crippen molar-refractivity contribution >= 4 is 5.97 Å². The van der Waals surface area contributed by atoms with Gasteiger partial charge in [-0.3, -0.25) is 0 Å². The van der Waals surface area contributed by atoms with Crippen LogP contribution >= 0.6 is 0 Å². The van der Waals surface area contributed by atoms with E-state index in [0.29, 0.717) is 5.56 Å². The van der Waals surface area contributed by atoms with E-state index in [9.17, 15) is 9.90 Å². The molecule has 1 saturated heterocycles. The summed E-state index contributed by atoms with van der Waals surface area (Å²) >= 11 is 0. The van der Waals surface area contributed by atoms with Crippen molar-refractivity contribution in [3.8, 4) is 0 Å². The topological polar surface area (TPSA) is 85.2 Å². The summed E-state index contributed by atoms with van der Waals surface area (Å²) in [6.07, 6.45) is -3.00. The lowest BCUT2D eigenvalue weighted by molar-refractivity contribution is -0.261. The first kappa shape index (κ1) is 14.9. The zero-order valence-electron chi connectivity index (χ0n) is 11.1. The fraction of sp³-hybridized carbons (Fsp3) is 0.500. The molecular formula is C14H18O6. The monoisotopic (exact) mass is 282 g/mol. The van der Waals surface area contributed by atoms with E-state index in [1.54, 1.807) is 30.3 Å². The Hall–Kier alpha value is -1.47. The van der Waals surface area contributed by atoms with Gasteiger partial charge in [-0.1, -0.05) is 18.2 Å². The maximum Gasteiger partial charge on any atom is 0.338 e.